The molecule has 0 aliphatic carbocycles. The van der Waals surface area contributed by atoms with E-state index in [1.54, 1.807) is 45.2 Å². The third-order valence-corrected chi connectivity index (χ3v) is 5.83. The highest BCUT2D eigenvalue weighted by Crippen LogP contribution is 2.36. The van der Waals surface area contributed by atoms with Crippen molar-refractivity contribution in [3.63, 3.8) is 0 Å². The van der Waals surface area contributed by atoms with E-state index in [0.29, 0.717) is 41.7 Å². The number of para-hydroxylation sites is 1. The third-order valence-electron chi connectivity index (χ3n) is 5.83. The van der Waals surface area contributed by atoms with Crippen LogP contribution >= 0.6 is 0 Å². The molecule has 0 unspecified atom stereocenters. The fourth-order valence-electron chi connectivity index (χ4n) is 4.05. The molecule has 0 saturated heterocycles. The average molecular weight is 539 g/mol. The Bertz CT molecular complexity index is 1520. The highest BCUT2D eigenvalue weighted by atomic mass is 19.4. The van der Waals surface area contributed by atoms with Gasteiger partial charge >= 0.3 is 12.3 Å². The van der Waals surface area contributed by atoms with Crippen molar-refractivity contribution < 1.29 is 27.4 Å². The summed E-state index contributed by atoms with van der Waals surface area (Å²) in [6, 6.07) is 18.6. The monoisotopic (exact) mass is 538 g/mol. The zero-order valence-electron chi connectivity index (χ0n) is 21.8. The molecule has 3 aromatic carbocycles. The normalized spacial score (nSPS) is 11.8. The Kier molecular flexibility index (Phi) is 7.99. The Morgan fingerprint density at radius 2 is 1.67 bits per heavy atom. The molecule has 0 aliphatic rings. The Labute approximate surface area is 224 Å². The standard InChI is InChI=1S/C30H29F3N2O4/c1-29(2,3)39-28(37)34-16-6-17-35-18-15-26(36)24-14-9-20(19-25(24)35)23-7-4-5-8-27(23)38-22-12-10-21(11-13-22)30(31,32)33/h4-5,7-15,18-19H,6,16-17H2,1-3H3,(H,34,37). The molecule has 0 radical (unpaired) electrons. The van der Waals surface area contributed by atoms with Crippen molar-refractivity contribution in [1.29, 1.82) is 0 Å². The van der Waals surface area contributed by atoms with Crippen molar-refractivity contribution in [2.75, 3.05) is 6.54 Å². The van der Waals surface area contributed by atoms with Crippen molar-refractivity contribution in [3.8, 4) is 22.6 Å². The van der Waals surface area contributed by atoms with Gasteiger partial charge in [0.2, 0.25) is 0 Å². The molecule has 4 aromatic rings. The summed E-state index contributed by atoms with van der Waals surface area (Å²) in [5.41, 5.74) is 0.750. The highest BCUT2D eigenvalue weighted by molar-refractivity contribution is 5.86. The number of alkyl halides is 3. The molecule has 0 fully saturated rings. The van der Waals surface area contributed by atoms with E-state index in [9.17, 15) is 22.8 Å². The average Bonchev–Trinajstić information content (AvgIpc) is 2.87. The highest BCUT2D eigenvalue weighted by Gasteiger charge is 2.30. The lowest BCUT2D eigenvalue weighted by Crippen LogP contribution is -2.33. The summed E-state index contributed by atoms with van der Waals surface area (Å²) in [6.07, 6.45) is -2.59. The Morgan fingerprint density at radius 1 is 0.949 bits per heavy atom. The minimum absolute atomic E-state index is 0.117. The molecular weight excluding hydrogens is 509 g/mol. The fraction of sp³-hybridized carbons (Fsp3) is 0.267. The molecule has 0 bridgehead atoms. The van der Waals surface area contributed by atoms with E-state index < -0.39 is 23.4 Å². The number of hydrogen-bond donors (Lipinski definition) is 1. The summed E-state index contributed by atoms with van der Waals surface area (Å²) in [6.45, 7) is 6.32. The first kappa shape index (κ1) is 27.8. The molecule has 0 aliphatic heterocycles. The second-order valence-electron chi connectivity index (χ2n) is 10.0. The van der Waals surface area contributed by atoms with Gasteiger partial charge in [-0.1, -0.05) is 24.3 Å². The Hall–Kier alpha value is -4.27. The smallest absolute Gasteiger partial charge is 0.416 e. The number of carbonyl (C=O) groups excluding carboxylic acids is 1. The largest absolute Gasteiger partial charge is 0.457 e. The molecule has 4 rings (SSSR count). The summed E-state index contributed by atoms with van der Waals surface area (Å²) in [7, 11) is 0. The number of amides is 1. The van der Waals surface area contributed by atoms with Crippen LogP contribution in [0.3, 0.4) is 0 Å². The topological polar surface area (TPSA) is 69.6 Å². The van der Waals surface area contributed by atoms with Crippen LogP contribution in [0.2, 0.25) is 0 Å². The molecule has 9 heteroatoms. The zero-order chi connectivity index (χ0) is 28.2. The molecule has 6 nitrogen and oxygen atoms in total. The predicted octanol–water partition coefficient (Wildman–Crippen LogP) is 7.39. The predicted molar refractivity (Wildman–Crippen MR) is 144 cm³/mol. The van der Waals surface area contributed by atoms with Crippen LogP contribution in [0.1, 0.15) is 32.8 Å². The number of carbonyl (C=O) groups is 1. The van der Waals surface area contributed by atoms with Gasteiger partial charge in [0, 0.05) is 36.3 Å². The van der Waals surface area contributed by atoms with E-state index in [0.717, 1.165) is 17.7 Å². The van der Waals surface area contributed by atoms with Crippen LogP contribution in [0.15, 0.2) is 83.8 Å². The third kappa shape index (κ3) is 7.19. The lowest BCUT2D eigenvalue weighted by Gasteiger charge is -2.19. The Balaban J connectivity index is 1.57. The van der Waals surface area contributed by atoms with Gasteiger partial charge in [-0.2, -0.15) is 13.2 Å². The second kappa shape index (κ2) is 11.2. The first-order valence-corrected chi connectivity index (χ1v) is 12.5. The first-order valence-electron chi connectivity index (χ1n) is 12.5. The maximum atomic E-state index is 12.9. The number of fused-ring (bicyclic) bond motifs is 1. The van der Waals surface area contributed by atoms with Crippen molar-refractivity contribution in [2.24, 2.45) is 0 Å². The van der Waals surface area contributed by atoms with Crippen molar-refractivity contribution in [2.45, 2.75) is 45.5 Å². The number of ether oxygens (including phenoxy) is 2. The minimum atomic E-state index is -4.43. The fourth-order valence-corrected chi connectivity index (χ4v) is 4.05. The first-order chi connectivity index (χ1) is 18.4. The van der Waals surface area contributed by atoms with Gasteiger partial charge < -0.3 is 19.4 Å². The SMILES string of the molecule is CC(C)(C)OC(=O)NCCCn1ccc(=O)c2ccc(-c3ccccc3Oc3ccc(C(F)(F)F)cc3)cc21. The number of pyridine rings is 1. The van der Waals surface area contributed by atoms with Gasteiger partial charge in [-0.25, -0.2) is 4.79 Å². The van der Waals surface area contributed by atoms with E-state index in [1.807, 2.05) is 28.8 Å². The molecule has 1 amide bonds. The molecule has 0 atom stereocenters. The second-order valence-corrected chi connectivity index (χ2v) is 10.0. The number of aryl methyl sites for hydroxylation is 1. The Morgan fingerprint density at radius 3 is 2.36 bits per heavy atom. The van der Waals surface area contributed by atoms with Crippen LogP contribution in [0.4, 0.5) is 18.0 Å². The van der Waals surface area contributed by atoms with Crippen molar-refractivity contribution in [3.05, 3.63) is 94.8 Å². The summed E-state index contributed by atoms with van der Waals surface area (Å²) >= 11 is 0. The molecule has 1 heterocycles. The maximum absolute atomic E-state index is 12.9. The van der Waals surface area contributed by atoms with Gasteiger partial charge in [-0.3, -0.25) is 4.79 Å². The summed E-state index contributed by atoms with van der Waals surface area (Å²) in [5.74, 6) is 0.730. The molecular formula is C30H29F3N2O4. The number of nitrogens with one attached hydrogen (secondary N) is 1. The van der Waals surface area contributed by atoms with Crippen LogP contribution in [0.25, 0.3) is 22.0 Å². The van der Waals surface area contributed by atoms with Gasteiger partial charge in [-0.15, -0.1) is 0 Å². The van der Waals surface area contributed by atoms with Gasteiger partial charge in [-0.05, 0) is 75.2 Å². The molecule has 204 valence electrons. The van der Waals surface area contributed by atoms with Gasteiger partial charge in [0.25, 0.3) is 0 Å². The van der Waals surface area contributed by atoms with Crippen LogP contribution in [-0.2, 0) is 17.5 Å². The van der Waals surface area contributed by atoms with E-state index in [4.69, 9.17) is 9.47 Å². The number of alkyl carbamates (subject to hydrolysis) is 1. The van der Waals surface area contributed by atoms with Gasteiger partial charge in [0.15, 0.2) is 5.43 Å². The lowest BCUT2D eigenvalue weighted by atomic mass is 10.0. The molecule has 1 N–H and O–H groups in total. The van der Waals surface area contributed by atoms with E-state index in [1.165, 1.54) is 18.2 Å². The van der Waals surface area contributed by atoms with Crippen molar-refractivity contribution >= 4 is 17.0 Å². The number of rotatable bonds is 7. The van der Waals surface area contributed by atoms with Crippen molar-refractivity contribution in [1.82, 2.24) is 9.88 Å². The van der Waals surface area contributed by atoms with Crippen LogP contribution in [-0.4, -0.2) is 22.8 Å². The molecule has 1 aromatic heterocycles. The van der Waals surface area contributed by atoms with Crippen LogP contribution in [0, 0.1) is 0 Å². The number of benzene rings is 3. The molecule has 0 saturated carbocycles. The minimum Gasteiger partial charge on any atom is -0.457 e. The van der Waals surface area contributed by atoms with E-state index in [2.05, 4.69) is 5.32 Å². The lowest BCUT2D eigenvalue weighted by molar-refractivity contribution is -0.137. The quantitative estimate of drug-likeness (QED) is 0.249. The summed E-state index contributed by atoms with van der Waals surface area (Å²) in [5, 5.41) is 3.28. The van der Waals surface area contributed by atoms with E-state index in [-0.39, 0.29) is 11.2 Å². The number of halogens is 3. The zero-order valence-corrected chi connectivity index (χ0v) is 21.8. The van der Waals surface area contributed by atoms with Crippen LogP contribution in [0.5, 0.6) is 11.5 Å². The number of nitrogens with zero attached hydrogens (tertiary/aromatic N) is 1. The molecule has 39 heavy (non-hydrogen) atoms. The number of aromatic nitrogens is 1. The van der Waals surface area contributed by atoms with Gasteiger partial charge in [0.1, 0.15) is 17.1 Å². The summed E-state index contributed by atoms with van der Waals surface area (Å²) < 4.78 is 51.9. The molecule has 0 spiro atoms. The number of hydrogen-bond acceptors (Lipinski definition) is 4. The maximum Gasteiger partial charge on any atom is 0.416 e. The van der Waals surface area contributed by atoms with E-state index >= 15 is 0 Å². The van der Waals surface area contributed by atoms with Crippen LogP contribution < -0.4 is 15.5 Å². The summed E-state index contributed by atoms with van der Waals surface area (Å²) in [4.78, 5) is 24.5. The van der Waals surface area contributed by atoms with Gasteiger partial charge in [0.05, 0.1) is 11.1 Å².